The Kier molecular flexibility index (Phi) is 9.15. The van der Waals surface area contributed by atoms with Gasteiger partial charge in [-0.2, -0.15) is 0 Å². The average molecular weight is 410 g/mol. The molecule has 6 heteroatoms. The Labute approximate surface area is 172 Å². The Bertz CT molecular complexity index is 644. The number of unbranched alkanes of at least 4 members (excludes halogenated alkanes) is 1. The molecule has 0 bridgehead atoms. The van der Waals surface area contributed by atoms with Crippen molar-refractivity contribution < 1.29 is 20.1 Å². The molecule has 0 aliphatic heterocycles. The minimum Gasteiger partial charge on any atom is -0.393 e. The predicted octanol–water partition coefficient (Wildman–Crippen LogP) is 3.23. The van der Waals surface area contributed by atoms with Crippen molar-refractivity contribution in [1.82, 2.24) is 0 Å². The molecule has 0 spiro atoms. The van der Waals surface area contributed by atoms with E-state index in [4.69, 9.17) is 5.73 Å². The molecule has 1 aromatic heterocycles. The maximum atomic E-state index is 10.8. The lowest BCUT2D eigenvalue weighted by atomic mass is 9.75. The van der Waals surface area contributed by atoms with Crippen molar-refractivity contribution in [3.8, 4) is 0 Å². The van der Waals surface area contributed by atoms with E-state index < -0.39 is 23.7 Å². The third-order valence-corrected chi connectivity index (χ3v) is 6.79. The molecular weight excluding hydrogens is 374 g/mol. The van der Waals surface area contributed by atoms with E-state index in [-0.39, 0.29) is 5.91 Å². The molecule has 1 aliphatic carbocycles. The SMILES string of the molecule is Cc1ccc(CCCC(O)CC2(C/C=C\CCCC(N)=O)C[C@@H](O)C[C@H]2O)s1. The number of primary amides is 1. The van der Waals surface area contributed by atoms with Crippen molar-refractivity contribution in [2.45, 2.75) is 89.4 Å². The second-order valence-electron chi connectivity index (χ2n) is 8.27. The van der Waals surface area contributed by atoms with Crippen molar-refractivity contribution in [3.63, 3.8) is 0 Å². The van der Waals surface area contributed by atoms with Gasteiger partial charge >= 0.3 is 0 Å². The first-order valence-corrected chi connectivity index (χ1v) is 11.2. The molecule has 1 heterocycles. The molecule has 1 amide bonds. The van der Waals surface area contributed by atoms with Gasteiger partial charge in [0.05, 0.1) is 18.3 Å². The number of nitrogens with two attached hydrogens (primary N) is 1. The van der Waals surface area contributed by atoms with E-state index in [1.165, 1.54) is 9.75 Å². The van der Waals surface area contributed by atoms with Gasteiger partial charge in [-0.1, -0.05) is 12.2 Å². The summed E-state index contributed by atoms with van der Waals surface area (Å²) in [6.45, 7) is 2.10. The third-order valence-electron chi connectivity index (χ3n) is 5.73. The number of hydrogen-bond acceptors (Lipinski definition) is 5. The summed E-state index contributed by atoms with van der Waals surface area (Å²) in [5, 5.41) is 31.2. The largest absolute Gasteiger partial charge is 0.393 e. The molecule has 0 radical (unpaired) electrons. The second-order valence-corrected chi connectivity index (χ2v) is 9.64. The van der Waals surface area contributed by atoms with Crippen molar-refractivity contribution in [2.75, 3.05) is 0 Å². The summed E-state index contributed by atoms with van der Waals surface area (Å²) < 4.78 is 0. The Morgan fingerprint density at radius 3 is 2.75 bits per heavy atom. The summed E-state index contributed by atoms with van der Waals surface area (Å²) in [5.74, 6) is -0.292. The van der Waals surface area contributed by atoms with E-state index in [9.17, 15) is 20.1 Å². The molecule has 1 fully saturated rings. The van der Waals surface area contributed by atoms with Gasteiger partial charge < -0.3 is 21.1 Å². The Balaban J connectivity index is 1.83. The number of carbonyl (C=O) groups is 1. The fraction of sp³-hybridized carbons (Fsp3) is 0.682. The lowest BCUT2D eigenvalue weighted by Gasteiger charge is -2.34. The molecule has 28 heavy (non-hydrogen) atoms. The van der Waals surface area contributed by atoms with Crippen LogP contribution >= 0.6 is 11.3 Å². The molecule has 1 saturated carbocycles. The first-order valence-electron chi connectivity index (χ1n) is 10.3. The van der Waals surface area contributed by atoms with Gasteiger partial charge in [-0.3, -0.25) is 4.79 Å². The first kappa shape index (κ1) is 23.1. The molecule has 0 aromatic carbocycles. The highest BCUT2D eigenvalue weighted by molar-refractivity contribution is 7.11. The van der Waals surface area contributed by atoms with Gasteiger partial charge in [0, 0.05) is 21.6 Å². The van der Waals surface area contributed by atoms with Gasteiger partial charge in [0.2, 0.25) is 5.91 Å². The Morgan fingerprint density at radius 1 is 1.36 bits per heavy atom. The quantitative estimate of drug-likeness (QED) is 0.314. The van der Waals surface area contributed by atoms with Crippen molar-refractivity contribution in [2.24, 2.45) is 11.1 Å². The minimum atomic E-state index is -0.604. The van der Waals surface area contributed by atoms with Crippen LogP contribution in [0.15, 0.2) is 24.3 Å². The van der Waals surface area contributed by atoms with Crippen LogP contribution in [-0.4, -0.2) is 39.5 Å². The standard InChI is InChI=1S/C22H35NO4S/c1-16-10-11-19(28-16)8-6-7-17(24)14-22(15-18(25)13-20(22)26)12-5-3-2-4-9-21(23)27/h3,5,10-11,17-18,20,24-26H,2,4,6-9,12-15H2,1H3,(H2,23,27)/b5-3-/t17?,18-,20+,22?/m0/s1. The zero-order chi connectivity index (χ0) is 20.6. The van der Waals surface area contributed by atoms with Crippen LogP contribution in [0.25, 0.3) is 0 Å². The van der Waals surface area contributed by atoms with E-state index in [2.05, 4.69) is 19.1 Å². The zero-order valence-corrected chi connectivity index (χ0v) is 17.7. The van der Waals surface area contributed by atoms with Crippen LogP contribution in [0.5, 0.6) is 0 Å². The molecule has 2 unspecified atom stereocenters. The summed E-state index contributed by atoms with van der Waals surface area (Å²) in [6.07, 6.45) is 8.87. The van der Waals surface area contributed by atoms with E-state index in [0.717, 1.165) is 25.7 Å². The first-order chi connectivity index (χ1) is 13.3. The van der Waals surface area contributed by atoms with E-state index in [0.29, 0.717) is 38.5 Å². The molecule has 1 aliphatic rings. The smallest absolute Gasteiger partial charge is 0.217 e. The Morgan fingerprint density at radius 2 is 2.14 bits per heavy atom. The summed E-state index contributed by atoms with van der Waals surface area (Å²) in [4.78, 5) is 13.4. The van der Waals surface area contributed by atoms with Gasteiger partial charge in [-0.05, 0) is 76.8 Å². The number of thiophene rings is 1. The predicted molar refractivity (Wildman–Crippen MR) is 113 cm³/mol. The summed E-state index contributed by atoms with van der Waals surface area (Å²) in [5.41, 5.74) is 4.67. The van der Waals surface area contributed by atoms with Crippen LogP contribution in [0, 0.1) is 12.3 Å². The highest BCUT2D eigenvalue weighted by atomic mass is 32.1. The van der Waals surface area contributed by atoms with Crippen LogP contribution in [0.4, 0.5) is 0 Å². The Hall–Kier alpha value is -1.21. The highest BCUT2D eigenvalue weighted by Gasteiger charge is 2.46. The normalized spacial score (nSPS) is 26.1. The molecule has 0 saturated heterocycles. The molecule has 4 atom stereocenters. The van der Waals surface area contributed by atoms with Gasteiger partial charge in [0.15, 0.2) is 0 Å². The number of aliphatic hydroxyl groups is 3. The maximum absolute atomic E-state index is 10.8. The summed E-state index contributed by atoms with van der Waals surface area (Å²) in [7, 11) is 0. The lowest BCUT2D eigenvalue weighted by Crippen LogP contribution is -2.33. The van der Waals surface area contributed by atoms with E-state index in [1.807, 2.05) is 12.2 Å². The maximum Gasteiger partial charge on any atom is 0.217 e. The number of hydrogen-bond donors (Lipinski definition) is 4. The zero-order valence-electron chi connectivity index (χ0n) is 16.8. The highest BCUT2D eigenvalue weighted by Crippen LogP contribution is 2.46. The van der Waals surface area contributed by atoms with Crippen LogP contribution in [-0.2, 0) is 11.2 Å². The number of rotatable bonds is 12. The van der Waals surface area contributed by atoms with Gasteiger partial charge in [0.25, 0.3) is 0 Å². The topological polar surface area (TPSA) is 104 Å². The number of amides is 1. The molecule has 158 valence electrons. The van der Waals surface area contributed by atoms with Crippen molar-refractivity contribution in [3.05, 3.63) is 34.0 Å². The molecular formula is C22H35NO4S. The molecule has 5 nitrogen and oxygen atoms in total. The van der Waals surface area contributed by atoms with Crippen LogP contribution in [0.1, 0.15) is 67.5 Å². The third kappa shape index (κ3) is 7.32. The van der Waals surface area contributed by atoms with Crippen LogP contribution in [0.3, 0.4) is 0 Å². The minimum absolute atomic E-state index is 0.292. The van der Waals surface area contributed by atoms with Gasteiger partial charge in [-0.15, -0.1) is 11.3 Å². The van der Waals surface area contributed by atoms with E-state index >= 15 is 0 Å². The second kappa shape index (κ2) is 11.1. The number of allylic oxidation sites excluding steroid dienone is 2. The molecule has 2 rings (SSSR count). The summed E-state index contributed by atoms with van der Waals surface area (Å²) in [6, 6.07) is 4.27. The van der Waals surface area contributed by atoms with Crippen molar-refractivity contribution >= 4 is 17.2 Å². The van der Waals surface area contributed by atoms with Crippen molar-refractivity contribution in [1.29, 1.82) is 0 Å². The molecule has 5 N–H and O–H groups in total. The van der Waals surface area contributed by atoms with Crippen LogP contribution < -0.4 is 5.73 Å². The number of aryl methyl sites for hydroxylation is 2. The number of carbonyl (C=O) groups excluding carboxylic acids is 1. The van der Waals surface area contributed by atoms with Gasteiger partial charge in [0.1, 0.15) is 0 Å². The van der Waals surface area contributed by atoms with E-state index in [1.54, 1.807) is 11.3 Å². The number of aliphatic hydroxyl groups excluding tert-OH is 3. The lowest BCUT2D eigenvalue weighted by molar-refractivity contribution is -0.118. The fourth-order valence-electron chi connectivity index (χ4n) is 4.25. The molecule has 1 aromatic rings. The summed E-state index contributed by atoms with van der Waals surface area (Å²) >= 11 is 1.80. The van der Waals surface area contributed by atoms with Crippen LogP contribution in [0.2, 0.25) is 0 Å². The van der Waals surface area contributed by atoms with Gasteiger partial charge in [-0.25, -0.2) is 0 Å². The monoisotopic (exact) mass is 409 g/mol. The average Bonchev–Trinajstić information content (AvgIpc) is 3.13. The fourth-order valence-corrected chi connectivity index (χ4v) is 5.18.